The summed E-state index contributed by atoms with van der Waals surface area (Å²) in [6, 6.07) is 14.3. The molecule has 1 aromatic heterocycles. The smallest absolute Gasteiger partial charge is 0.432 e. The molecule has 1 aliphatic heterocycles. The van der Waals surface area contributed by atoms with Crippen molar-refractivity contribution in [2.24, 2.45) is 4.99 Å². The second-order valence-corrected chi connectivity index (χ2v) is 7.18. The van der Waals surface area contributed by atoms with Crippen molar-refractivity contribution in [3.8, 4) is 5.75 Å². The van der Waals surface area contributed by atoms with E-state index in [1.807, 2.05) is 0 Å². The van der Waals surface area contributed by atoms with Crippen molar-refractivity contribution in [2.45, 2.75) is 31.0 Å². The van der Waals surface area contributed by atoms with Crippen LogP contribution in [0.15, 0.2) is 64.4 Å². The number of aliphatic hydroxyl groups excluding tert-OH is 1. The molecule has 0 radical (unpaired) electrons. The van der Waals surface area contributed by atoms with Crippen LogP contribution >= 0.6 is 0 Å². The van der Waals surface area contributed by atoms with Crippen molar-refractivity contribution in [3.05, 3.63) is 70.5 Å². The Morgan fingerprint density at radius 2 is 1.97 bits per heavy atom. The summed E-state index contributed by atoms with van der Waals surface area (Å²) in [6.45, 7) is 0.379. The molecule has 0 bridgehead atoms. The summed E-state index contributed by atoms with van der Waals surface area (Å²) in [5.74, 6) is 0.353. The molecule has 2 unspecified atom stereocenters. The van der Waals surface area contributed by atoms with Crippen molar-refractivity contribution in [3.63, 3.8) is 0 Å². The first-order chi connectivity index (χ1) is 14.3. The van der Waals surface area contributed by atoms with Crippen molar-refractivity contribution in [1.82, 2.24) is 4.98 Å². The Balaban J connectivity index is 1.70. The average Bonchev–Trinajstić information content (AvgIpc) is 2.71. The minimum Gasteiger partial charge on any atom is -0.493 e. The van der Waals surface area contributed by atoms with Gasteiger partial charge in [0.2, 0.25) is 5.56 Å². The molecule has 8 heteroatoms. The van der Waals surface area contributed by atoms with Crippen LogP contribution in [0.1, 0.15) is 24.3 Å². The summed E-state index contributed by atoms with van der Waals surface area (Å²) < 4.78 is 46.9. The number of aromatic amines is 1. The van der Waals surface area contributed by atoms with E-state index in [1.165, 1.54) is 24.3 Å². The molecule has 4 rings (SSSR count). The van der Waals surface area contributed by atoms with E-state index < -0.39 is 18.0 Å². The zero-order chi connectivity index (χ0) is 21.3. The Kier molecular flexibility index (Phi) is 5.34. The fourth-order valence-corrected chi connectivity index (χ4v) is 3.77. The number of alkyl halides is 3. The second kappa shape index (κ2) is 7.95. The van der Waals surface area contributed by atoms with Gasteiger partial charge in [-0.15, -0.1) is 0 Å². The highest BCUT2D eigenvalue weighted by atomic mass is 19.4. The fourth-order valence-electron chi connectivity index (χ4n) is 3.77. The molecule has 2 aromatic carbocycles. The van der Waals surface area contributed by atoms with Gasteiger partial charge in [-0.05, 0) is 48.6 Å². The van der Waals surface area contributed by atoms with Crippen LogP contribution in [0.4, 0.5) is 18.9 Å². The topological polar surface area (TPSA) is 74.7 Å². The number of nitrogens with zero attached hydrogens (tertiary/aromatic N) is 1. The number of aliphatic imine (C=N–C) groups is 1. The first-order valence-electron chi connectivity index (χ1n) is 9.50. The van der Waals surface area contributed by atoms with Gasteiger partial charge in [0.25, 0.3) is 0 Å². The molecule has 1 aliphatic rings. The van der Waals surface area contributed by atoms with Gasteiger partial charge in [0.15, 0.2) is 5.71 Å². The molecule has 156 valence electrons. The standard InChI is InChI=1S/C22H19F3N2O3/c23-22(24,25)21(27-17-6-3-5-16-15(17)8-9-20(29)26-16)18(28)12-13-10-11-30-19-7-2-1-4-14(13)19/h1-9,13,18,28H,10-12H2,(H,26,29). The normalized spacial score (nSPS) is 18.0. The van der Waals surface area contributed by atoms with Crippen molar-refractivity contribution < 1.29 is 23.0 Å². The number of para-hydroxylation sites is 1. The molecule has 2 heterocycles. The predicted octanol–water partition coefficient (Wildman–Crippen LogP) is 4.48. The summed E-state index contributed by atoms with van der Waals surface area (Å²) in [7, 11) is 0. The van der Waals surface area contributed by atoms with Crippen molar-refractivity contribution in [2.75, 3.05) is 6.61 Å². The molecule has 2 atom stereocenters. The minimum atomic E-state index is -4.81. The number of benzene rings is 2. The van der Waals surface area contributed by atoms with Gasteiger partial charge in [0, 0.05) is 11.5 Å². The summed E-state index contributed by atoms with van der Waals surface area (Å²) in [6.07, 6.45) is -6.23. The van der Waals surface area contributed by atoms with Crippen molar-refractivity contribution >= 4 is 22.3 Å². The molecule has 0 saturated heterocycles. The molecule has 5 nitrogen and oxygen atoms in total. The molecule has 0 spiro atoms. The molecule has 3 aromatic rings. The number of aromatic nitrogens is 1. The van der Waals surface area contributed by atoms with E-state index in [2.05, 4.69) is 9.98 Å². The van der Waals surface area contributed by atoms with Crippen LogP contribution in [0.2, 0.25) is 0 Å². The maximum Gasteiger partial charge on any atom is 0.432 e. The van der Waals surface area contributed by atoms with Crippen LogP contribution in [0, 0.1) is 0 Å². The Labute approximate surface area is 169 Å². The average molecular weight is 416 g/mol. The summed E-state index contributed by atoms with van der Waals surface area (Å²) in [5.41, 5.74) is -0.434. The minimum absolute atomic E-state index is 0.0301. The zero-order valence-corrected chi connectivity index (χ0v) is 15.8. The van der Waals surface area contributed by atoms with Crippen LogP contribution in [0.5, 0.6) is 5.75 Å². The molecule has 30 heavy (non-hydrogen) atoms. The highest BCUT2D eigenvalue weighted by molar-refractivity contribution is 5.99. The van der Waals surface area contributed by atoms with Crippen LogP contribution in [-0.2, 0) is 0 Å². The molecule has 0 fully saturated rings. The van der Waals surface area contributed by atoms with E-state index in [0.717, 1.165) is 5.56 Å². The monoisotopic (exact) mass is 416 g/mol. The zero-order valence-electron chi connectivity index (χ0n) is 15.8. The van der Waals surface area contributed by atoms with Gasteiger partial charge >= 0.3 is 6.18 Å². The Bertz CT molecular complexity index is 1150. The molecule has 2 N–H and O–H groups in total. The Hall–Kier alpha value is -3.13. The highest BCUT2D eigenvalue weighted by Gasteiger charge is 2.41. The number of rotatable bonds is 4. The number of fused-ring (bicyclic) bond motifs is 2. The molecular weight excluding hydrogens is 397 g/mol. The van der Waals surface area contributed by atoms with Gasteiger partial charge in [-0.3, -0.25) is 4.79 Å². The Morgan fingerprint density at radius 1 is 1.17 bits per heavy atom. The Morgan fingerprint density at radius 3 is 2.77 bits per heavy atom. The molecular formula is C22H19F3N2O3. The summed E-state index contributed by atoms with van der Waals surface area (Å²) >= 11 is 0. The third-order valence-corrected chi connectivity index (χ3v) is 5.18. The maximum atomic E-state index is 13.8. The third kappa shape index (κ3) is 4.09. The van der Waals surface area contributed by atoms with Gasteiger partial charge in [-0.2, -0.15) is 13.2 Å². The van der Waals surface area contributed by atoms with E-state index in [-0.39, 0.29) is 23.6 Å². The lowest BCUT2D eigenvalue weighted by atomic mass is 9.87. The highest BCUT2D eigenvalue weighted by Crippen LogP contribution is 2.38. The number of nitrogens with one attached hydrogen (secondary N) is 1. The van der Waals surface area contributed by atoms with Crippen LogP contribution in [-0.4, -0.2) is 34.7 Å². The molecule has 0 aliphatic carbocycles. The lowest BCUT2D eigenvalue weighted by Gasteiger charge is -2.28. The quantitative estimate of drug-likeness (QED) is 0.616. The SMILES string of the molecule is O=c1ccc2c(N=C(C(O)CC3CCOc4ccccc43)C(F)(F)F)cccc2[nH]1. The number of hydrogen-bond acceptors (Lipinski definition) is 4. The van der Waals surface area contributed by atoms with E-state index in [4.69, 9.17) is 4.74 Å². The number of ether oxygens (including phenoxy) is 1. The van der Waals surface area contributed by atoms with Crippen molar-refractivity contribution in [1.29, 1.82) is 0 Å². The predicted molar refractivity (Wildman–Crippen MR) is 108 cm³/mol. The number of aliphatic hydroxyl groups is 1. The lowest BCUT2D eigenvalue weighted by Crippen LogP contribution is -2.36. The van der Waals surface area contributed by atoms with E-state index in [9.17, 15) is 23.1 Å². The summed E-state index contributed by atoms with van der Waals surface area (Å²) in [5, 5.41) is 10.9. The molecule has 0 amide bonds. The number of halogens is 3. The first-order valence-corrected chi connectivity index (χ1v) is 9.50. The van der Waals surface area contributed by atoms with Gasteiger partial charge in [0.05, 0.1) is 17.8 Å². The fraction of sp³-hybridized carbons (Fsp3) is 0.273. The summed E-state index contributed by atoms with van der Waals surface area (Å²) in [4.78, 5) is 17.8. The lowest BCUT2D eigenvalue weighted by molar-refractivity contribution is -0.0668. The van der Waals surface area contributed by atoms with E-state index >= 15 is 0 Å². The number of hydrogen-bond donors (Lipinski definition) is 2. The van der Waals surface area contributed by atoms with E-state index in [1.54, 1.807) is 30.3 Å². The van der Waals surface area contributed by atoms with Gasteiger partial charge < -0.3 is 14.8 Å². The second-order valence-electron chi connectivity index (χ2n) is 7.18. The maximum absolute atomic E-state index is 13.8. The first kappa shape index (κ1) is 20.2. The van der Waals surface area contributed by atoms with Crippen LogP contribution < -0.4 is 10.3 Å². The largest absolute Gasteiger partial charge is 0.493 e. The number of H-pyrrole nitrogens is 1. The number of pyridine rings is 1. The third-order valence-electron chi connectivity index (χ3n) is 5.18. The molecule has 0 saturated carbocycles. The van der Waals surface area contributed by atoms with E-state index in [0.29, 0.717) is 29.7 Å². The van der Waals surface area contributed by atoms with Gasteiger partial charge in [-0.25, -0.2) is 4.99 Å². The van der Waals surface area contributed by atoms with Gasteiger partial charge in [-0.1, -0.05) is 24.3 Å². The van der Waals surface area contributed by atoms with Gasteiger partial charge in [0.1, 0.15) is 11.9 Å². The van der Waals surface area contributed by atoms with Crippen LogP contribution in [0.3, 0.4) is 0 Å². The van der Waals surface area contributed by atoms with Crippen LogP contribution in [0.25, 0.3) is 10.9 Å².